The summed E-state index contributed by atoms with van der Waals surface area (Å²) in [5.41, 5.74) is 2.16. The van der Waals surface area contributed by atoms with Gasteiger partial charge in [-0.05, 0) is 38.2 Å². The molecule has 0 aliphatic carbocycles. The van der Waals surface area contributed by atoms with Crippen molar-refractivity contribution in [2.24, 2.45) is 11.8 Å². The minimum absolute atomic E-state index is 0.128. The van der Waals surface area contributed by atoms with Gasteiger partial charge >= 0.3 is 0 Å². The van der Waals surface area contributed by atoms with Crippen molar-refractivity contribution < 1.29 is 18.0 Å². The number of carbonyl (C=O) groups excluding carboxylic acids is 2. The molecular formula is C23H31N5O4S. The molecule has 0 bridgehead atoms. The smallest absolute Gasteiger partial charge is 0.282 e. The molecule has 3 heterocycles. The van der Waals surface area contributed by atoms with Crippen LogP contribution in [0, 0.1) is 30.1 Å². The van der Waals surface area contributed by atoms with E-state index in [-0.39, 0.29) is 37.4 Å². The number of likely N-dealkylation sites (tertiary alicyclic amines) is 1. The predicted octanol–water partition coefficient (Wildman–Crippen LogP) is 1.01. The molecule has 1 aromatic rings. The zero-order valence-electron chi connectivity index (χ0n) is 18.9. The molecule has 2 atom stereocenters. The number of nitriles is 1. The fourth-order valence-electron chi connectivity index (χ4n) is 4.78. The highest BCUT2D eigenvalue weighted by Gasteiger charge is 2.44. The van der Waals surface area contributed by atoms with E-state index in [1.54, 1.807) is 4.90 Å². The minimum Gasteiger partial charge on any atom is -0.350 e. The first-order valence-corrected chi connectivity index (χ1v) is 13.0. The highest BCUT2D eigenvalue weighted by Crippen LogP contribution is 2.29. The predicted molar refractivity (Wildman–Crippen MR) is 122 cm³/mol. The van der Waals surface area contributed by atoms with Gasteiger partial charge in [-0.2, -0.15) is 22.3 Å². The maximum absolute atomic E-state index is 13.3. The van der Waals surface area contributed by atoms with Gasteiger partial charge in [0.2, 0.25) is 11.8 Å². The van der Waals surface area contributed by atoms with E-state index < -0.39 is 22.2 Å². The Morgan fingerprint density at radius 2 is 1.76 bits per heavy atom. The maximum atomic E-state index is 13.3. The van der Waals surface area contributed by atoms with Crippen LogP contribution in [0.1, 0.15) is 36.8 Å². The van der Waals surface area contributed by atoms with Crippen molar-refractivity contribution in [1.82, 2.24) is 18.8 Å². The summed E-state index contributed by atoms with van der Waals surface area (Å²) >= 11 is 0. The lowest BCUT2D eigenvalue weighted by atomic mass is 9.97. The van der Waals surface area contributed by atoms with E-state index in [1.807, 2.05) is 31.2 Å². The zero-order chi connectivity index (χ0) is 23.6. The Balaban J connectivity index is 1.35. The largest absolute Gasteiger partial charge is 0.350 e. The molecule has 178 valence electrons. The molecular weight excluding hydrogens is 442 g/mol. The number of carbonyl (C=O) groups is 2. The SMILES string of the molecule is Cc1ccc(CNC(=O)[C@H]2CCCN2C(=O)[C@H]2CCCN(S(=O)(=O)N3CC(C#N)C3)C2)cc1. The monoisotopic (exact) mass is 473 g/mol. The molecule has 2 amide bonds. The van der Waals surface area contributed by atoms with Crippen LogP contribution in [0.25, 0.3) is 0 Å². The summed E-state index contributed by atoms with van der Waals surface area (Å²) in [6, 6.07) is 9.51. The van der Waals surface area contributed by atoms with E-state index in [9.17, 15) is 18.0 Å². The lowest BCUT2D eigenvalue weighted by Gasteiger charge is -2.41. The van der Waals surface area contributed by atoms with E-state index in [2.05, 4.69) is 11.4 Å². The van der Waals surface area contributed by atoms with Gasteiger partial charge in [0.15, 0.2) is 0 Å². The van der Waals surface area contributed by atoms with Crippen LogP contribution in [0.15, 0.2) is 24.3 Å². The van der Waals surface area contributed by atoms with E-state index in [0.29, 0.717) is 38.9 Å². The summed E-state index contributed by atoms with van der Waals surface area (Å²) in [5, 5.41) is 11.9. The number of piperidine rings is 1. The summed E-state index contributed by atoms with van der Waals surface area (Å²) in [7, 11) is -3.66. The Kier molecular flexibility index (Phi) is 7.02. The van der Waals surface area contributed by atoms with Crippen LogP contribution >= 0.6 is 0 Å². The standard InChI is InChI=1S/C23H31N5O4S/c1-17-6-8-18(9-7-17)13-25-22(29)21-5-3-11-28(21)23(30)20-4-2-10-26(16-20)33(31,32)27-14-19(12-24)15-27/h6-9,19-21H,2-5,10-11,13-16H2,1H3,(H,25,29)/t20-,21+/m0/s1. The van der Waals surface area contributed by atoms with Gasteiger partial charge in [0.1, 0.15) is 6.04 Å². The van der Waals surface area contributed by atoms with Gasteiger partial charge in [-0.25, -0.2) is 0 Å². The summed E-state index contributed by atoms with van der Waals surface area (Å²) in [5.74, 6) is -1.01. The Bertz CT molecular complexity index is 1030. The average Bonchev–Trinajstić information content (AvgIpc) is 3.27. The molecule has 0 aromatic heterocycles. The van der Waals surface area contributed by atoms with Crippen LogP contribution < -0.4 is 5.32 Å². The highest BCUT2D eigenvalue weighted by molar-refractivity contribution is 7.86. The van der Waals surface area contributed by atoms with E-state index >= 15 is 0 Å². The van der Waals surface area contributed by atoms with Crippen LogP contribution in [-0.4, -0.2) is 72.5 Å². The molecule has 4 rings (SSSR count). The highest BCUT2D eigenvalue weighted by atomic mass is 32.2. The van der Waals surface area contributed by atoms with Gasteiger partial charge in [0.25, 0.3) is 10.2 Å². The minimum atomic E-state index is -3.66. The molecule has 0 unspecified atom stereocenters. The first kappa shape index (κ1) is 23.7. The first-order valence-electron chi connectivity index (χ1n) is 11.6. The Hall–Kier alpha value is -2.48. The molecule has 3 aliphatic rings. The van der Waals surface area contributed by atoms with Crippen molar-refractivity contribution in [1.29, 1.82) is 5.26 Å². The molecule has 1 N–H and O–H groups in total. The van der Waals surface area contributed by atoms with Crippen LogP contribution in [-0.2, 0) is 26.3 Å². The van der Waals surface area contributed by atoms with E-state index in [4.69, 9.17) is 5.26 Å². The molecule has 1 aromatic carbocycles. The molecule has 0 spiro atoms. The number of hydrogen-bond acceptors (Lipinski definition) is 5. The average molecular weight is 474 g/mol. The van der Waals surface area contributed by atoms with E-state index in [0.717, 1.165) is 17.5 Å². The maximum Gasteiger partial charge on any atom is 0.282 e. The Labute approximate surface area is 195 Å². The topological polar surface area (TPSA) is 114 Å². The van der Waals surface area contributed by atoms with Gasteiger partial charge in [-0.3, -0.25) is 9.59 Å². The Morgan fingerprint density at radius 3 is 2.45 bits per heavy atom. The second-order valence-electron chi connectivity index (χ2n) is 9.24. The van der Waals surface area contributed by atoms with Crippen molar-refractivity contribution in [2.45, 2.75) is 45.2 Å². The molecule has 3 fully saturated rings. The third-order valence-corrected chi connectivity index (χ3v) is 8.78. The number of nitrogens with one attached hydrogen (secondary N) is 1. The molecule has 9 nitrogen and oxygen atoms in total. The van der Waals surface area contributed by atoms with Crippen molar-refractivity contribution >= 4 is 22.0 Å². The van der Waals surface area contributed by atoms with Crippen LogP contribution in [0.4, 0.5) is 0 Å². The third kappa shape index (κ3) is 5.05. The second kappa shape index (κ2) is 9.79. The molecule has 0 saturated carbocycles. The van der Waals surface area contributed by atoms with E-state index in [1.165, 1.54) is 8.61 Å². The van der Waals surface area contributed by atoms with Crippen LogP contribution in [0.3, 0.4) is 0 Å². The summed E-state index contributed by atoms with van der Waals surface area (Å²) in [6.07, 6.45) is 2.58. The van der Waals surface area contributed by atoms with Crippen molar-refractivity contribution in [3.8, 4) is 6.07 Å². The fourth-order valence-corrected chi connectivity index (χ4v) is 6.57. The lowest BCUT2D eigenvalue weighted by Crippen LogP contribution is -2.57. The van der Waals surface area contributed by atoms with Gasteiger partial charge in [0.05, 0.1) is 17.9 Å². The summed E-state index contributed by atoms with van der Waals surface area (Å²) < 4.78 is 28.5. The summed E-state index contributed by atoms with van der Waals surface area (Å²) in [4.78, 5) is 27.8. The van der Waals surface area contributed by atoms with Gasteiger partial charge in [0, 0.05) is 39.3 Å². The number of amides is 2. The zero-order valence-corrected chi connectivity index (χ0v) is 19.8. The van der Waals surface area contributed by atoms with Gasteiger partial charge in [-0.15, -0.1) is 0 Å². The van der Waals surface area contributed by atoms with Crippen molar-refractivity contribution in [3.63, 3.8) is 0 Å². The second-order valence-corrected chi connectivity index (χ2v) is 11.2. The van der Waals surface area contributed by atoms with Crippen molar-refractivity contribution in [3.05, 3.63) is 35.4 Å². The summed E-state index contributed by atoms with van der Waals surface area (Å²) in [6.45, 7) is 3.86. The number of rotatable bonds is 6. The number of benzene rings is 1. The molecule has 33 heavy (non-hydrogen) atoms. The fraction of sp³-hybridized carbons (Fsp3) is 0.609. The van der Waals surface area contributed by atoms with Gasteiger partial charge in [-0.1, -0.05) is 29.8 Å². The van der Waals surface area contributed by atoms with Crippen LogP contribution in [0.2, 0.25) is 0 Å². The number of aryl methyl sites for hydroxylation is 1. The molecule has 3 saturated heterocycles. The number of hydrogen-bond donors (Lipinski definition) is 1. The molecule has 0 radical (unpaired) electrons. The normalized spacial score (nSPS) is 24.8. The number of nitrogens with zero attached hydrogens (tertiary/aromatic N) is 4. The third-order valence-electron chi connectivity index (χ3n) is 6.84. The van der Waals surface area contributed by atoms with Crippen molar-refractivity contribution in [2.75, 3.05) is 32.7 Å². The van der Waals surface area contributed by atoms with Gasteiger partial charge < -0.3 is 10.2 Å². The molecule has 3 aliphatic heterocycles. The lowest BCUT2D eigenvalue weighted by molar-refractivity contribution is -0.142. The Morgan fingerprint density at radius 1 is 1.06 bits per heavy atom. The van der Waals surface area contributed by atoms with Crippen LogP contribution in [0.5, 0.6) is 0 Å². The first-order chi connectivity index (χ1) is 15.8. The molecule has 10 heteroatoms. The quantitative estimate of drug-likeness (QED) is 0.663.